The van der Waals surface area contributed by atoms with E-state index in [0.717, 1.165) is 0 Å². The van der Waals surface area contributed by atoms with Gasteiger partial charge in [-0.25, -0.2) is 8.42 Å². The van der Waals surface area contributed by atoms with Crippen LogP contribution >= 0.6 is 0 Å². The molecule has 1 atom stereocenters. The van der Waals surface area contributed by atoms with E-state index in [4.69, 9.17) is 0 Å². The van der Waals surface area contributed by atoms with E-state index in [2.05, 4.69) is 15.6 Å². The molecule has 31 heavy (non-hydrogen) atoms. The van der Waals surface area contributed by atoms with Crippen LogP contribution in [0.25, 0.3) is 0 Å². The molecule has 0 fully saturated rings. The van der Waals surface area contributed by atoms with Gasteiger partial charge >= 0.3 is 0 Å². The zero-order valence-electron chi connectivity index (χ0n) is 18.3. The molecule has 0 spiro atoms. The highest BCUT2D eigenvalue weighted by Crippen LogP contribution is 2.17. The maximum Gasteiger partial charge on any atom is 0.251 e. The SMILES string of the molecule is CCN(CC)S(=O)(=O)c1cccc(C(=O)N[C@H](C(=O)NCc2ccccn2)C(C)C)c1. The van der Waals surface area contributed by atoms with Crippen LogP contribution in [0.15, 0.2) is 53.6 Å². The van der Waals surface area contributed by atoms with Crippen LogP contribution < -0.4 is 10.6 Å². The predicted molar refractivity (Wildman–Crippen MR) is 119 cm³/mol. The van der Waals surface area contributed by atoms with Gasteiger partial charge in [0.05, 0.1) is 17.1 Å². The maximum absolute atomic E-state index is 12.8. The summed E-state index contributed by atoms with van der Waals surface area (Å²) in [7, 11) is -3.69. The van der Waals surface area contributed by atoms with E-state index < -0.39 is 22.0 Å². The molecule has 0 saturated heterocycles. The number of aromatic nitrogens is 1. The number of nitrogens with one attached hydrogen (secondary N) is 2. The molecule has 1 heterocycles. The van der Waals surface area contributed by atoms with Gasteiger partial charge in [-0.2, -0.15) is 4.31 Å². The molecule has 8 nitrogen and oxygen atoms in total. The Kier molecular flexibility index (Phi) is 8.70. The lowest BCUT2D eigenvalue weighted by Crippen LogP contribution is -2.49. The zero-order chi connectivity index (χ0) is 23.0. The lowest BCUT2D eigenvalue weighted by molar-refractivity contribution is -0.124. The van der Waals surface area contributed by atoms with Crippen LogP contribution in [0.2, 0.25) is 0 Å². The Morgan fingerprint density at radius 2 is 1.77 bits per heavy atom. The molecule has 2 amide bonds. The van der Waals surface area contributed by atoms with Gasteiger partial charge in [-0.05, 0) is 36.2 Å². The van der Waals surface area contributed by atoms with Crippen LogP contribution in [-0.2, 0) is 21.4 Å². The van der Waals surface area contributed by atoms with Crippen molar-refractivity contribution in [2.45, 2.75) is 45.2 Å². The van der Waals surface area contributed by atoms with Crippen molar-refractivity contribution in [3.63, 3.8) is 0 Å². The maximum atomic E-state index is 12.8. The quantitative estimate of drug-likeness (QED) is 0.582. The number of amides is 2. The highest BCUT2D eigenvalue weighted by Gasteiger charge is 2.26. The predicted octanol–water partition coefficient (Wildman–Crippen LogP) is 2.18. The molecule has 0 aliphatic carbocycles. The third kappa shape index (κ3) is 6.35. The molecule has 0 radical (unpaired) electrons. The van der Waals surface area contributed by atoms with E-state index in [-0.39, 0.29) is 28.8 Å². The first-order valence-electron chi connectivity index (χ1n) is 10.3. The van der Waals surface area contributed by atoms with Crippen molar-refractivity contribution < 1.29 is 18.0 Å². The highest BCUT2D eigenvalue weighted by atomic mass is 32.2. The number of hydrogen-bond acceptors (Lipinski definition) is 5. The van der Waals surface area contributed by atoms with E-state index in [1.807, 2.05) is 19.9 Å². The Bertz CT molecular complexity index is 990. The number of hydrogen-bond donors (Lipinski definition) is 2. The minimum Gasteiger partial charge on any atom is -0.349 e. The summed E-state index contributed by atoms with van der Waals surface area (Å²) in [5.41, 5.74) is 0.885. The fourth-order valence-electron chi connectivity index (χ4n) is 3.06. The Balaban J connectivity index is 2.15. The number of carbonyl (C=O) groups excluding carboxylic acids is 2. The molecule has 0 aliphatic rings. The van der Waals surface area contributed by atoms with Crippen LogP contribution in [0.4, 0.5) is 0 Å². The van der Waals surface area contributed by atoms with Crippen LogP contribution in [0.5, 0.6) is 0 Å². The Morgan fingerprint density at radius 1 is 1.06 bits per heavy atom. The summed E-state index contributed by atoms with van der Waals surface area (Å²) in [6, 6.07) is 10.5. The number of sulfonamides is 1. The van der Waals surface area contributed by atoms with Gasteiger partial charge in [-0.1, -0.05) is 39.8 Å². The van der Waals surface area contributed by atoms with Gasteiger partial charge in [0.25, 0.3) is 5.91 Å². The number of rotatable bonds is 10. The van der Waals surface area contributed by atoms with E-state index >= 15 is 0 Å². The van der Waals surface area contributed by atoms with Crippen LogP contribution in [-0.4, -0.2) is 48.7 Å². The first-order chi connectivity index (χ1) is 14.7. The molecule has 2 aromatic rings. The topological polar surface area (TPSA) is 108 Å². The molecule has 0 saturated carbocycles. The number of pyridine rings is 1. The second kappa shape index (κ2) is 11.0. The number of carbonyl (C=O) groups is 2. The molecule has 0 aliphatic heterocycles. The van der Waals surface area contributed by atoms with Crippen LogP contribution in [0.3, 0.4) is 0 Å². The first kappa shape index (κ1) is 24.5. The fourth-order valence-corrected chi connectivity index (χ4v) is 4.56. The smallest absolute Gasteiger partial charge is 0.251 e. The molecule has 1 aromatic heterocycles. The molecular formula is C22H30N4O4S. The Hall–Kier alpha value is -2.78. The van der Waals surface area contributed by atoms with Crippen molar-refractivity contribution in [2.75, 3.05) is 13.1 Å². The van der Waals surface area contributed by atoms with Crippen molar-refractivity contribution >= 4 is 21.8 Å². The second-order valence-electron chi connectivity index (χ2n) is 7.35. The fraction of sp³-hybridized carbons (Fsp3) is 0.409. The third-order valence-corrected chi connectivity index (χ3v) is 6.89. The lowest BCUT2D eigenvalue weighted by Gasteiger charge is -2.22. The largest absolute Gasteiger partial charge is 0.349 e. The Morgan fingerprint density at radius 3 is 2.35 bits per heavy atom. The third-order valence-electron chi connectivity index (χ3n) is 4.85. The lowest BCUT2D eigenvalue weighted by atomic mass is 10.0. The summed E-state index contributed by atoms with van der Waals surface area (Å²) in [6.45, 7) is 8.08. The van der Waals surface area contributed by atoms with Crippen molar-refractivity contribution in [2.24, 2.45) is 5.92 Å². The minimum atomic E-state index is -3.69. The summed E-state index contributed by atoms with van der Waals surface area (Å²) in [4.78, 5) is 29.7. The molecule has 0 bridgehead atoms. The van der Waals surface area contributed by atoms with Gasteiger partial charge in [0.2, 0.25) is 15.9 Å². The van der Waals surface area contributed by atoms with Gasteiger partial charge < -0.3 is 10.6 Å². The monoisotopic (exact) mass is 446 g/mol. The highest BCUT2D eigenvalue weighted by molar-refractivity contribution is 7.89. The van der Waals surface area contributed by atoms with Crippen LogP contribution in [0, 0.1) is 5.92 Å². The number of nitrogens with zero attached hydrogens (tertiary/aromatic N) is 2. The summed E-state index contributed by atoms with van der Waals surface area (Å²) < 4.78 is 26.8. The normalized spacial score (nSPS) is 12.6. The summed E-state index contributed by atoms with van der Waals surface area (Å²) in [5.74, 6) is -1.01. The molecule has 2 N–H and O–H groups in total. The van der Waals surface area contributed by atoms with Crippen molar-refractivity contribution in [1.29, 1.82) is 0 Å². The average molecular weight is 447 g/mol. The molecule has 0 unspecified atom stereocenters. The summed E-state index contributed by atoms with van der Waals surface area (Å²) in [5, 5.41) is 5.51. The van der Waals surface area contributed by atoms with Crippen molar-refractivity contribution in [1.82, 2.24) is 19.9 Å². The van der Waals surface area contributed by atoms with E-state index in [9.17, 15) is 18.0 Å². The number of benzene rings is 1. The van der Waals surface area contributed by atoms with Gasteiger partial charge in [0.1, 0.15) is 6.04 Å². The van der Waals surface area contributed by atoms with Gasteiger partial charge in [-0.3, -0.25) is 14.6 Å². The summed E-state index contributed by atoms with van der Waals surface area (Å²) in [6.07, 6.45) is 1.64. The van der Waals surface area contributed by atoms with Gasteiger partial charge in [0, 0.05) is 24.8 Å². The van der Waals surface area contributed by atoms with E-state index in [0.29, 0.717) is 18.8 Å². The molecular weight excluding hydrogens is 416 g/mol. The van der Waals surface area contributed by atoms with Gasteiger partial charge in [-0.15, -0.1) is 0 Å². The zero-order valence-corrected chi connectivity index (χ0v) is 19.1. The van der Waals surface area contributed by atoms with Crippen molar-refractivity contribution in [3.05, 3.63) is 59.9 Å². The molecule has 2 rings (SSSR count). The first-order valence-corrected chi connectivity index (χ1v) is 11.7. The Labute approximate surface area is 184 Å². The average Bonchev–Trinajstić information content (AvgIpc) is 2.77. The standard InChI is InChI=1S/C22H30N4O4S/c1-5-26(6-2)31(29,30)19-12-9-10-17(14-19)21(27)25-20(16(3)4)22(28)24-15-18-11-7-8-13-23-18/h7-14,16,20H,5-6,15H2,1-4H3,(H,24,28)(H,25,27)/t20-/m0/s1. The van der Waals surface area contributed by atoms with Gasteiger partial charge in [0.15, 0.2) is 0 Å². The molecule has 1 aromatic carbocycles. The van der Waals surface area contributed by atoms with E-state index in [1.54, 1.807) is 32.2 Å². The van der Waals surface area contributed by atoms with E-state index in [1.165, 1.54) is 28.6 Å². The molecule has 168 valence electrons. The summed E-state index contributed by atoms with van der Waals surface area (Å²) >= 11 is 0. The van der Waals surface area contributed by atoms with Crippen molar-refractivity contribution in [3.8, 4) is 0 Å². The molecule has 9 heteroatoms. The second-order valence-corrected chi connectivity index (χ2v) is 9.29. The minimum absolute atomic E-state index is 0.0459. The van der Waals surface area contributed by atoms with Crippen LogP contribution in [0.1, 0.15) is 43.7 Å².